The smallest absolute Gasteiger partial charge is 0.265 e. The van der Waals surface area contributed by atoms with E-state index in [1.807, 2.05) is 25.2 Å². The van der Waals surface area contributed by atoms with E-state index in [4.69, 9.17) is 14.3 Å². The van der Waals surface area contributed by atoms with Gasteiger partial charge in [0.05, 0.1) is 33.0 Å². The average molecular weight is 375 g/mol. The maximum absolute atomic E-state index is 12.5. The molecule has 7 nitrogen and oxygen atoms in total. The first-order valence-electron chi connectivity index (χ1n) is 9.78. The maximum Gasteiger partial charge on any atom is 0.265 e. The lowest BCUT2D eigenvalue weighted by Crippen LogP contribution is -2.72. The Balaban J connectivity index is 1.16. The summed E-state index contributed by atoms with van der Waals surface area (Å²) in [6.07, 6.45) is 0.911. The van der Waals surface area contributed by atoms with Crippen LogP contribution in [0.4, 0.5) is 0 Å². The largest absolute Gasteiger partial charge is 0.375 e. The van der Waals surface area contributed by atoms with Crippen LogP contribution in [0.1, 0.15) is 12.0 Å². The number of amides is 1. The number of likely N-dealkylation sites (tertiary alicyclic amines) is 1. The molecule has 7 heteroatoms. The van der Waals surface area contributed by atoms with Crippen molar-refractivity contribution in [3.05, 3.63) is 35.9 Å². The van der Waals surface area contributed by atoms with Gasteiger partial charge in [0.25, 0.3) is 5.91 Å². The third-order valence-corrected chi connectivity index (χ3v) is 5.59. The number of likely N-dealkylation sites (N-methyl/N-ethyl adjacent to an activating group) is 1. The van der Waals surface area contributed by atoms with Crippen molar-refractivity contribution in [2.45, 2.75) is 24.7 Å². The molecule has 0 aliphatic carbocycles. The Bertz CT molecular complexity index is 629. The Kier molecular flexibility index (Phi) is 5.75. The van der Waals surface area contributed by atoms with Crippen molar-refractivity contribution in [1.82, 2.24) is 14.9 Å². The van der Waals surface area contributed by atoms with Gasteiger partial charge in [-0.2, -0.15) is 0 Å². The number of morpholine rings is 1. The van der Waals surface area contributed by atoms with Crippen LogP contribution < -0.4 is 0 Å². The quantitative estimate of drug-likeness (QED) is 0.684. The van der Waals surface area contributed by atoms with Gasteiger partial charge in [-0.05, 0) is 19.0 Å². The SMILES string of the molecule is CN1CC2(CN(CCOCc3ccccc3)C2)OCC1C(=O)N1CCCO1. The summed E-state index contributed by atoms with van der Waals surface area (Å²) in [5.74, 6) is 0.0235. The fraction of sp³-hybridized carbons (Fsp3) is 0.650. The molecule has 3 aliphatic heterocycles. The summed E-state index contributed by atoms with van der Waals surface area (Å²) in [6.45, 7) is 6.60. The van der Waals surface area contributed by atoms with Crippen LogP contribution in [0.2, 0.25) is 0 Å². The summed E-state index contributed by atoms with van der Waals surface area (Å²) in [6, 6.07) is 9.99. The molecular formula is C20H29N3O4. The van der Waals surface area contributed by atoms with Crippen LogP contribution in [0.3, 0.4) is 0 Å². The van der Waals surface area contributed by atoms with E-state index in [9.17, 15) is 4.79 Å². The number of hydrogen-bond acceptors (Lipinski definition) is 6. The number of ether oxygens (including phenoxy) is 2. The van der Waals surface area contributed by atoms with Crippen LogP contribution in [-0.2, 0) is 25.7 Å². The van der Waals surface area contributed by atoms with Gasteiger partial charge in [-0.15, -0.1) is 0 Å². The number of carbonyl (C=O) groups excluding carboxylic acids is 1. The molecule has 1 amide bonds. The molecule has 4 rings (SSSR count). The molecule has 0 bridgehead atoms. The van der Waals surface area contributed by atoms with Crippen molar-refractivity contribution in [3.63, 3.8) is 0 Å². The first-order valence-corrected chi connectivity index (χ1v) is 9.78. The van der Waals surface area contributed by atoms with Gasteiger partial charge >= 0.3 is 0 Å². The number of benzene rings is 1. The van der Waals surface area contributed by atoms with E-state index in [1.54, 1.807) is 0 Å². The van der Waals surface area contributed by atoms with Crippen molar-refractivity contribution in [2.75, 3.05) is 59.6 Å². The van der Waals surface area contributed by atoms with E-state index in [0.29, 0.717) is 33.0 Å². The standard InChI is InChI=1S/C20H29N3O4/c1-21-14-20(26-13-18(21)19(24)23-8-5-10-27-23)15-22(16-20)9-11-25-12-17-6-3-2-4-7-17/h2-4,6-7,18H,5,8-16H2,1H3. The normalized spacial score (nSPS) is 25.7. The minimum atomic E-state index is -0.239. The second-order valence-electron chi connectivity index (χ2n) is 7.80. The molecule has 1 aromatic rings. The zero-order chi connectivity index (χ0) is 18.7. The molecule has 0 aromatic heterocycles. The maximum atomic E-state index is 12.5. The molecule has 3 aliphatic rings. The van der Waals surface area contributed by atoms with Gasteiger partial charge in [0.2, 0.25) is 0 Å². The van der Waals surface area contributed by atoms with E-state index in [2.05, 4.69) is 21.9 Å². The van der Waals surface area contributed by atoms with Crippen LogP contribution in [0, 0.1) is 0 Å². The van der Waals surface area contributed by atoms with Crippen molar-refractivity contribution >= 4 is 5.91 Å². The minimum absolute atomic E-state index is 0.0235. The van der Waals surface area contributed by atoms with Crippen molar-refractivity contribution < 1.29 is 19.1 Å². The zero-order valence-corrected chi connectivity index (χ0v) is 16.0. The lowest BCUT2D eigenvalue weighted by Gasteiger charge is -2.55. The summed E-state index contributed by atoms with van der Waals surface area (Å²) in [4.78, 5) is 22.4. The Morgan fingerprint density at radius 2 is 2.07 bits per heavy atom. The van der Waals surface area contributed by atoms with Crippen LogP contribution >= 0.6 is 0 Å². The molecule has 0 radical (unpaired) electrons. The summed E-state index contributed by atoms with van der Waals surface area (Å²) >= 11 is 0. The predicted molar refractivity (Wildman–Crippen MR) is 99.9 cm³/mol. The first-order chi connectivity index (χ1) is 13.2. The van der Waals surface area contributed by atoms with Gasteiger partial charge in [0.1, 0.15) is 11.6 Å². The van der Waals surface area contributed by atoms with Crippen LogP contribution in [-0.4, -0.2) is 92.0 Å². The zero-order valence-electron chi connectivity index (χ0n) is 16.0. The lowest BCUT2D eigenvalue weighted by atomic mass is 9.90. The van der Waals surface area contributed by atoms with Gasteiger partial charge in [-0.3, -0.25) is 19.4 Å². The fourth-order valence-electron chi connectivity index (χ4n) is 4.12. The van der Waals surface area contributed by atoms with Crippen molar-refractivity contribution in [2.24, 2.45) is 0 Å². The summed E-state index contributed by atoms with van der Waals surface area (Å²) < 4.78 is 11.9. The monoisotopic (exact) mass is 375 g/mol. The minimum Gasteiger partial charge on any atom is -0.375 e. The van der Waals surface area contributed by atoms with E-state index in [0.717, 1.165) is 32.6 Å². The van der Waals surface area contributed by atoms with Gasteiger partial charge < -0.3 is 9.47 Å². The Morgan fingerprint density at radius 1 is 1.26 bits per heavy atom. The molecule has 1 atom stereocenters. The fourth-order valence-corrected chi connectivity index (χ4v) is 4.12. The summed E-state index contributed by atoms with van der Waals surface area (Å²) in [7, 11) is 2.01. The average Bonchev–Trinajstić information content (AvgIpc) is 3.19. The molecule has 27 heavy (non-hydrogen) atoms. The number of carbonyl (C=O) groups is 1. The van der Waals surface area contributed by atoms with Crippen molar-refractivity contribution in [3.8, 4) is 0 Å². The second-order valence-corrected chi connectivity index (χ2v) is 7.80. The van der Waals surface area contributed by atoms with E-state index >= 15 is 0 Å². The highest BCUT2D eigenvalue weighted by Gasteiger charge is 2.50. The van der Waals surface area contributed by atoms with Crippen LogP contribution in [0.5, 0.6) is 0 Å². The molecule has 3 fully saturated rings. The molecule has 3 saturated heterocycles. The number of rotatable bonds is 6. The highest BCUT2D eigenvalue weighted by Crippen LogP contribution is 2.31. The van der Waals surface area contributed by atoms with Crippen molar-refractivity contribution in [1.29, 1.82) is 0 Å². The third kappa shape index (κ3) is 4.33. The van der Waals surface area contributed by atoms with E-state index < -0.39 is 0 Å². The first kappa shape index (κ1) is 18.8. The molecule has 0 N–H and O–H groups in total. The molecule has 1 unspecified atom stereocenters. The highest BCUT2D eigenvalue weighted by molar-refractivity contribution is 5.81. The molecule has 148 valence electrons. The van der Waals surface area contributed by atoms with E-state index in [1.165, 1.54) is 10.6 Å². The third-order valence-electron chi connectivity index (χ3n) is 5.59. The summed E-state index contributed by atoms with van der Waals surface area (Å²) in [5.41, 5.74) is 1.06. The Hall–Kier alpha value is -1.51. The van der Waals surface area contributed by atoms with Gasteiger partial charge in [0.15, 0.2) is 0 Å². The lowest BCUT2D eigenvalue weighted by molar-refractivity contribution is -0.212. The Morgan fingerprint density at radius 3 is 2.78 bits per heavy atom. The molecule has 0 saturated carbocycles. The second kappa shape index (κ2) is 8.24. The van der Waals surface area contributed by atoms with E-state index in [-0.39, 0.29) is 17.6 Å². The molecule has 1 aromatic carbocycles. The number of hydroxylamine groups is 2. The number of hydrogen-bond donors (Lipinski definition) is 0. The van der Waals surface area contributed by atoms with Crippen LogP contribution in [0.25, 0.3) is 0 Å². The molecule has 1 spiro atoms. The van der Waals surface area contributed by atoms with Gasteiger partial charge in [-0.25, -0.2) is 5.06 Å². The van der Waals surface area contributed by atoms with Gasteiger partial charge in [0, 0.05) is 26.2 Å². The van der Waals surface area contributed by atoms with Gasteiger partial charge in [-0.1, -0.05) is 30.3 Å². The predicted octanol–water partition coefficient (Wildman–Crippen LogP) is 0.752. The van der Waals surface area contributed by atoms with Crippen LogP contribution in [0.15, 0.2) is 30.3 Å². The highest BCUT2D eigenvalue weighted by atomic mass is 16.7. The summed E-state index contributed by atoms with van der Waals surface area (Å²) in [5, 5.41) is 1.50. The number of nitrogens with zero attached hydrogens (tertiary/aromatic N) is 3. The molecular weight excluding hydrogens is 346 g/mol. The Labute approximate surface area is 160 Å². The molecule has 3 heterocycles. The topological polar surface area (TPSA) is 54.5 Å².